The fourth-order valence-corrected chi connectivity index (χ4v) is 2.88. The smallest absolute Gasteiger partial charge is 0.321 e. The number of hydrogen-bond acceptors (Lipinski definition) is 2. The highest BCUT2D eigenvalue weighted by Crippen LogP contribution is 2.26. The zero-order valence-electron chi connectivity index (χ0n) is 11.4. The molecule has 1 aliphatic heterocycles. The van der Waals surface area contributed by atoms with Crippen LogP contribution in [-0.4, -0.2) is 28.6 Å². The van der Waals surface area contributed by atoms with Crippen LogP contribution in [-0.2, 0) is 11.3 Å². The molecule has 19 heavy (non-hydrogen) atoms. The van der Waals surface area contributed by atoms with Gasteiger partial charge in [0.1, 0.15) is 11.9 Å². The Morgan fingerprint density at radius 3 is 2.95 bits per heavy atom. The Bertz CT molecular complexity index is 475. The molecular formula is C15H20FNO2. The van der Waals surface area contributed by atoms with Crippen LogP contribution >= 0.6 is 0 Å². The van der Waals surface area contributed by atoms with Crippen LogP contribution in [0.25, 0.3) is 0 Å². The molecule has 104 valence electrons. The normalized spacial score (nSPS) is 24.4. The van der Waals surface area contributed by atoms with Crippen LogP contribution in [0.4, 0.5) is 4.39 Å². The number of likely N-dealkylation sites (tertiary alicyclic amines) is 1. The number of piperidine rings is 1. The molecule has 1 N–H and O–H groups in total. The van der Waals surface area contributed by atoms with E-state index in [1.807, 2.05) is 18.7 Å². The Morgan fingerprint density at radius 1 is 1.53 bits per heavy atom. The molecular weight excluding hydrogens is 245 g/mol. The molecule has 0 radical (unpaired) electrons. The molecule has 1 aromatic carbocycles. The number of aryl methyl sites for hydroxylation is 1. The lowest BCUT2D eigenvalue weighted by molar-refractivity contribution is -0.147. The molecule has 0 spiro atoms. The van der Waals surface area contributed by atoms with E-state index < -0.39 is 12.0 Å². The van der Waals surface area contributed by atoms with E-state index in [0.29, 0.717) is 6.54 Å². The summed E-state index contributed by atoms with van der Waals surface area (Å²) in [6.45, 7) is 5.17. The van der Waals surface area contributed by atoms with Gasteiger partial charge in [0.15, 0.2) is 0 Å². The standard InChI is InChI=1S/C15H20FNO2/c1-10-5-6-13(16)8-12(10)9-17-7-3-4-11(2)14(17)15(18)19/h5-6,8,11,14H,3-4,7,9H2,1-2H3,(H,18,19). The van der Waals surface area contributed by atoms with Gasteiger partial charge in [0.2, 0.25) is 0 Å². The molecule has 0 aromatic heterocycles. The first-order valence-corrected chi connectivity index (χ1v) is 6.71. The maximum atomic E-state index is 13.3. The summed E-state index contributed by atoms with van der Waals surface area (Å²) in [4.78, 5) is 13.4. The van der Waals surface area contributed by atoms with E-state index >= 15 is 0 Å². The van der Waals surface area contributed by atoms with Crippen LogP contribution in [0, 0.1) is 18.7 Å². The second kappa shape index (κ2) is 5.70. The van der Waals surface area contributed by atoms with E-state index in [-0.39, 0.29) is 11.7 Å². The van der Waals surface area contributed by atoms with Crippen LogP contribution in [0.2, 0.25) is 0 Å². The topological polar surface area (TPSA) is 40.5 Å². The van der Waals surface area contributed by atoms with E-state index in [0.717, 1.165) is 30.5 Å². The summed E-state index contributed by atoms with van der Waals surface area (Å²) in [5, 5.41) is 9.37. The maximum Gasteiger partial charge on any atom is 0.321 e. The highest BCUT2D eigenvalue weighted by atomic mass is 19.1. The summed E-state index contributed by atoms with van der Waals surface area (Å²) in [7, 11) is 0. The van der Waals surface area contributed by atoms with Gasteiger partial charge in [-0.2, -0.15) is 0 Å². The first-order valence-electron chi connectivity index (χ1n) is 6.71. The number of hydrogen-bond donors (Lipinski definition) is 1. The lowest BCUT2D eigenvalue weighted by Gasteiger charge is -2.37. The van der Waals surface area contributed by atoms with Gasteiger partial charge in [0, 0.05) is 6.54 Å². The van der Waals surface area contributed by atoms with Crippen molar-refractivity contribution in [2.75, 3.05) is 6.54 Å². The molecule has 1 fully saturated rings. The molecule has 2 rings (SSSR count). The maximum absolute atomic E-state index is 13.3. The number of nitrogens with zero attached hydrogens (tertiary/aromatic N) is 1. The first-order chi connectivity index (χ1) is 8.99. The molecule has 1 aromatic rings. The van der Waals surface area contributed by atoms with Gasteiger partial charge < -0.3 is 5.11 Å². The Kier molecular flexibility index (Phi) is 4.20. The molecule has 0 bridgehead atoms. The molecule has 0 amide bonds. The van der Waals surface area contributed by atoms with Crippen LogP contribution < -0.4 is 0 Å². The monoisotopic (exact) mass is 265 g/mol. The summed E-state index contributed by atoms with van der Waals surface area (Å²) < 4.78 is 13.3. The Labute approximate surface area is 113 Å². The third-order valence-electron chi connectivity index (χ3n) is 3.97. The van der Waals surface area contributed by atoms with Crippen molar-refractivity contribution in [2.45, 2.75) is 39.3 Å². The average Bonchev–Trinajstić information content (AvgIpc) is 2.33. The minimum atomic E-state index is -0.777. The zero-order valence-corrected chi connectivity index (χ0v) is 11.4. The molecule has 3 nitrogen and oxygen atoms in total. The van der Waals surface area contributed by atoms with Gasteiger partial charge in [-0.05, 0) is 55.5 Å². The van der Waals surface area contributed by atoms with Crippen molar-refractivity contribution >= 4 is 5.97 Å². The number of carbonyl (C=O) groups is 1. The molecule has 2 unspecified atom stereocenters. The van der Waals surface area contributed by atoms with Crippen LogP contribution in [0.1, 0.15) is 30.9 Å². The molecule has 1 heterocycles. The van der Waals surface area contributed by atoms with Crippen molar-refractivity contribution < 1.29 is 14.3 Å². The van der Waals surface area contributed by atoms with E-state index in [1.54, 1.807) is 6.07 Å². The Hall–Kier alpha value is -1.42. The van der Waals surface area contributed by atoms with Gasteiger partial charge in [0.05, 0.1) is 0 Å². The van der Waals surface area contributed by atoms with Gasteiger partial charge in [-0.3, -0.25) is 9.69 Å². The lowest BCUT2D eigenvalue weighted by atomic mass is 9.90. The van der Waals surface area contributed by atoms with Crippen LogP contribution in [0.3, 0.4) is 0 Å². The highest BCUT2D eigenvalue weighted by Gasteiger charge is 2.34. The molecule has 1 aliphatic rings. The summed E-state index contributed by atoms with van der Waals surface area (Å²) in [5.41, 5.74) is 1.88. The zero-order chi connectivity index (χ0) is 14.0. The minimum absolute atomic E-state index is 0.139. The van der Waals surface area contributed by atoms with Gasteiger partial charge in [-0.25, -0.2) is 4.39 Å². The van der Waals surface area contributed by atoms with Crippen molar-refractivity contribution in [1.29, 1.82) is 0 Å². The third kappa shape index (κ3) is 3.13. The van der Waals surface area contributed by atoms with Crippen LogP contribution in [0.5, 0.6) is 0 Å². The van der Waals surface area contributed by atoms with E-state index in [2.05, 4.69) is 0 Å². The highest BCUT2D eigenvalue weighted by molar-refractivity contribution is 5.74. The van der Waals surface area contributed by atoms with Gasteiger partial charge in [-0.1, -0.05) is 13.0 Å². The summed E-state index contributed by atoms with van der Waals surface area (Å²) in [5.74, 6) is -0.904. The summed E-state index contributed by atoms with van der Waals surface area (Å²) in [6, 6.07) is 4.23. The second-order valence-electron chi connectivity index (χ2n) is 5.44. The Morgan fingerprint density at radius 2 is 2.26 bits per heavy atom. The van der Waals surface area contributed by atoms with E-state index in [1.165, 1.54) is 12.1 Å². The largest absolute Gasteiger partial charge is 0.480 e. The van der Waals surface area contributed by atoms with Gasteiger partial charge >= 0.3 is 5.97 Å². The fourth-order valence-electron chi connectivity index (χ4n) is 2.88. The van der Waals surface area contributed by atoms with Crippen molar-refractivity contribution in [3.63, 3.8) is 0 Å². The van der Waals surface area contributed by atoms with Crippen LogP contribution in [0.15, 0.2) is 18.2 Å². The summed E-state index contributed by atoms with van der Waals surface area (Å²) >= 11 is 0. The summed E-state index contributed by atoms with van der Waals surface area (Å²) in [6.07, 6.45) is 1.94. The number of aliphatic carboxylic acids is 1. The fraction of sp³-hybridized carbons (Fsp3) is 0.533. The van der Waals surface area contributed by atoms with E-state index in [4.69, 9.17) is 0 Å². The second-order valence-corrected chi connectivity index (χ2v) is 5.44. The quantitative estimate of drug-likeness (QED) is 0.913. The predicted molar refractivity (Wildman–Crippen MR) is 71.4 cm³/mol. The van der Waals surface area contributed by atoms with Crippen molar-refractivity contribution in [1.82, 2.24) is 4.90 Å². The number of halogens is 1. The SMILES string of the molecule is Cc1ccc(F)cc1CN1CCCC(C)C1C(=O)O. The minimum Gasteiger partial charge on any atom is -0.480 e. The molecule has 0 saturated carbocycles. The number of rotatable bonds is 3. The molecule has 0 aliphatic carbocycles. The number of benzene rings is 1. The van der Waals surface area contributed by atoms with Crippen molar-refractivity contribution in [3.05, 3.63) is 35.1 Å². The molecule has 2 atom stereocenters. The van der Waals surface area contributed by atoms with Crippen molar-refractivity contribution in [2.24, 2.45) is 5.92 Å². The molecule has 1 saturated heterocycles. The average molecular weight is 265 g/mol. The molecule has 4 heteroatoms. The number of carboxylic acids is 1. The van der Waals surface area contributed by atoms with E-state index in [9.17, 15) is 14.3 Å². The van der Waals surface area contributed by atoms with Crippen molar-refractivity contribution in [3.8, 4) is 0 Å². The first kappa shape index (κ1) is 14.0. The van der Waals surface area contributed by atoms with Gasteiger partial charge in [-0.15, -0.1) is 0 Å². The Balaban J connectivity index is 2.20. The lowest BCUT2D eigenvalue weighted by Crippen LogP contribution is -2.48. The van der Waals surface area contributed by atoms with Gasteiger partial charge in [0.25, 0.3) is 0 Å². The third-order valence-corrected chi connectivity index (χ3v) is 3.97. The number of carboxylic acid groups (broad SMARTS) is 1. The predicted octanol–water partition coefficient (Wildman–Crippen LogP) is 2.82.